The molecule has 3 heteroatoms. The minimum Gasteiger partial charge on any atom is -0.397 e. The second-order valence-corrected chi connectivity index (χ2v) is 3.46. The summed E-state index contributed by atoms with van der Waals surface area (Å²) in [6.07, 6.45) is 5.30. The molecule has 1 aliphatic carbocycles. The molecule has 1 aliphatic rings. The minimum atomic E-state index is 0.635. The molecule has 1 heterocycles. The van der Waals surface area contributed by atoms with Crippen molar-refractivity contribution >= 4 is 11.5 Å². The SMILES string of the molecule is Nc1cnc(N)c(CC2CC2)c1. The molecule has 1 aromatic rings. The predicted molar refractivity (Wildman–Crippen MR) is 49.5 cm³/mol. The molecule has 0 bridgehead atoms. The van der Waals surface area contributed by atoms with Crippen LogP contribution in [-0.2, 0) is 6.42 Å². The summed E-state index contributed by atoms with van der Waals surface area (Å²) in [4.78, 5) is 4.01. The van der Waals surface area contributed by atoms with E-state index in [1.54, 1.807) is 6.20 Å². The van der Waals surface area contributed by atoms with Crippen LogP contribution in [0.2, 0.25) is 0 Å². The fraction of sp³-hybridized carbons (Fsp3) is 0.444. The van der Waals surface area contributed by atoms with Crippen LogP contribution >= 0.6 is 0 Å². The van der Waals surface area contributed by atoms with Crippen molar-refractivity contribution in [2.24, 2.45) is 5.92 Å². The first kappa shape index (κ1) is 7.40. The summed E-state index contributed by atoms with van der Waals surface area (Å²) in [5, 5.41) is 0. The average molecular weight is 163 g/mol. The molecule has 0 aromatic carbocycles. The Morgan fingerprint density at radius 2 is 2.17 bits per heavy atom. The number of hydrogen-bond acceptors (Lipinski definition) is 3. The van der Waals surface area contributed by atoms with Crippen LogP contribution in [-0.4, -0.2) is 4.98 Å². The van der Waals surface area contributed by atoms with Crippen molar-refractivity contribution < 1.29 is 0 Å². The Morgan fingerprint density at radius 3 is 2.83 bits per heavy atom. The normalized spacial score (nSPS) is 16.3. The van der Waals surface area contributed by atoms with Gasteiger partial charge in [-0.2, -0.15) is 0 Å². The molecular formula is C9H13N3. The van der Waals surface area contributed by atoms with Crippen molar-refractivity contribution in [3.63, 3.8) is 0 Å². The number of nitrogens with zero attached hydrogens (tertiary/aromatic N) is 1. The van der Waals surface area contributed by atoms with Crippen LogP contribution in [0.1, 0.15) is 18.4 Å². The second-order valence-electron chi connectivity index (χ2n) is 3.46. The fourth-order valence-electron chi connectivity index (χ4n) is 1.34. The van der Waals surface area contributed by atoms with Gasteiger partial charge in [0.15, 0.2) is 0 Å². The molecule has 0 atom stereocenters. The van der Waals surface area contributed by atoms with Gasteiger partial charge in [0, 0.05) is 0 Å². The summed E-state index contributed by atoms with van der Waals surface area (Å²) in [5.74, 6) is 1.46. The molecule has 1 saturated carbocycles. The molecule has 2 rings (SSSR count). The second kappa shape index (κ2) is 2.66. The number of anilines is 2. The molecular weight excluding hydrogens is 150 g/mol. The third-order valence-corrected chi connectivity index (χ3v) is 2.23. The Labute approximate surface area is 71.8 Å². The maximum absolute atomic E-state index is 5.70. The fourth-order valence-corrected chi connectivity index (χ4v) is 1.34. The van der Waals surface area contributed by atoms with Gasteiger partial charge in [-0.15, -0.1) is 0 Å². The molecule has 3 nitrogen and oxygen atoms in total. The van der Waals surface area contributed by atoms with Crippen LogP contribution in [0.4, 0.5) is 11.5 Å². The van der Waals surface area contributed by atoms with Crippen molar-refractivity contribution in [1.29, 1.82) is 0 Å². The predicted octanol–water partition coefficient (Wildman–Crippen LogP) is 1.20. The highest BCUT2D eigenvalue weighted by Gasteiger charge is 2.22. The highest BCUT2D eigenvalue weighted by molar-refractivity contribution is 5.49. The standard InChI is InChI=1S/C9H13N3/c10-8-4-7(3-6-1-2-6)9(11)12-5-8/h4-6H,1-3,10H2,(H2,11,12). The van der Waals surface area contributed by atoms with Gasteiger partial charge in [-0.05, 0) is 36.8 Å². The first-order valence-corrected chi connectivity index (χ1v) is 4.25. The Kier molecular flexibility index (Phi) is 1.64. The van der Waals surface area contributed by atoms with Crippen LogP contribution in [0.15, 0.2) is 12.3 Å². The van der Waals surface area contributed by atoms with E-state index in [1.807, 2.05) is 6.07 Å². The Balaban J connectivity index is 2.21. The lowest BCUT2D eigenvalue weighted by Gasteiger charge is -2.03. The molecule has 4 N–H and O–H groups in total. The Morgan fingerprint density at radius 1 is 1.42 bits per heavy atom. The van der Waals surface area contributed by atoms with Crippen LogP contribution in [0.3, 0.4) is 0 Å². The first-order chi connectivity index (χ1) is 5.75. The van der Waals surface area contributed by atoms with Gasteiger partial charge >= 0.3 is 0 Å². The lowest BCUT2D eigenvalue weighted by Crippen LogP contribution is -2.00. The summed E-state index contributed by atoms with van der Waals surface area (Å²) >= 11 is 0. The van der Waals surface area contributed by atoms with Gasteiger partial charge in [0.05, 0.1) is 11.9 Å². The summed E-state index contributed by atoms with van der Waals surface area (Å²) < 4.78 is 0. The highest BCUT2D eigenvalue weighted by atomic mass is 14.8. The molecule has 12 heavy (non-hydrogen) atoms. The van der Waals surface area contributed by atoms with E-state index in [1.165, 1.54) is 12.8 Å². The monoisotopic (exact) mass is 163 g/mol. The topological polar surface area (TPSA) is 64.9 Å². The van der Waals surface area contributed by atoms with E-state index in [0.29, 0.717) is 11.5 Å². The third kappa shape index (κ3) is 1.49. The highest BCUT2D eigenvalue weighted by Crippen LogP contribution is 2.33. The van der Waals surface area contributed by atoms with E-state index >= 15 is 0 Å². The van der Waals surface area contributed by atoms with E-state index in [4.69, 9.17) is 11.5 Å². The molecule has 64 valence electrons. The lowest BCUT2D eigenvalue weighted by atomic mass is 10.1. The molecule has 0 spiro atoms. The molecule has 0 radical (unpaired) electrons. The van der Waals surface area contributed by atoms with E-state index in [-0.39, 0.29) is 0 Å². The van der Waals surface area contributed by atoms with Crippen LogP contribution in [0.5, 0.6) is 0 Å². The Hall–Kier alpha value is -1.25. The molecule has 1 fully saturated rings. The van der Waals surface area contributed by atoms with Gasteiger partial charge in [-0.25, -0.2) is 4.98 Å². The number of pyridine rings is 1. The molecule has 1 aromatic heterocycles. The summed E-state index contributed by atoms with van der Waals surface area (Å²) in [6.45, 7) is 0. The van der Waals surface area contributed by atoms with Crippen LogP contribution in [0.25, 0.3) is 0 Å². The van der Waals surface area contributed by atoms with Gasteiger partial charge in [0.2, 0.25) is 0 Å². The lowest BCUT2D eigenvalue weighted by molar-refractivity contribution is 0.831. The Bertz CT molecular complexity index is 292. The van der Waals surface area contributed by atoms with Crippen molar-refractivity contribution in [2.75, 3.05) is 11.5 Å². The molecule has 0 unspecified atom stereocenters. The maximum atomic E-state index is 5.70. The molecule has 0 saturated heterocycles. The van der Waals surface area contributed by atoms with E-state index in [9.17, 15) is 0 Å². The third-order valence-electron chi connectivity index (χ3n) is 2.23. The maximum Gasteiger partial charge on any atom is 0.126 e. The number of rotatable bonds is 2. The zero-order valence-corrected chi connectivity index (χ0v) is 6.96. The van der Waals surface area contributed by atoms with Gasteiger partial charge in [-0.1, -0.05) is 0 Å². The largest absolute Gasteiger partial charge is 0.397 e. The smallest absolute Gasteiger partial charge is 0.126 e. The molecule has 0 amide bonds. The van der Waals surface area contributed by atoms with E-state index in [0.717, 1.165) is 17.9 Å². The minimum absolute atomic E-state index is 0.635. The van der Waals surface area contributed by atoms with E-state index in [2.05, 4.69) is 4.98 Å². The van der Waals surface area contributed by atoms with Crippen molar-refractivity contribution in [1.82, 2.24) is 4.98 Å². The summed E-state index contributed by atoms with van der Waals surface area (Å²) in [6, 6.07) is 1.93. The summed E-state index contributed by atoms with van der Waals surface area (Å²) in [5.41, 5.74) is 13.1. The number of hydrogen-bond donors (Lipinski definition) is 2. The van der Waals surface area contributed by atoms with Gasteiger partial charge in [0.25, 0.3) is 0 Å². The average Bonchev–Trinajstić information content (AvgIpc) is 2.81. The van der Waals surface area contributed by atoms with Gasteiger partial charge in [0.1, 0.15) is 5.82 Å². The van der Waals surface area contributed by atoms with Crippen molar-refractivity contribution in [2.45, 2.75) is 19.3 Å². The van der Waals surface area contributed by atoms with Gasteiger partial charge in [-0.3, -0.25) is 0 Å². The van der Waals surface area contributed by atoms with Crippen LogP contribution < -0.4 is 11.5 Å². The van der Waals surface area contributed by atoms with E-state index < -0.39 is 0 Å². The zero-order valence-electron chi connectivity index (χ0n) is 6.96. The van der Waals surface area contributed by atoms with Crippen LogP contribution in [0, 0.1) is 5.92 Å². The number of nitrogen functional groups attached to an aromatic ring is 2. The quantitative estimate of drug-likeness (QED) is 0.688. The number of aromatic nitrogens is 1. The first-order valence-electron chi connectivity index (χ1n) is 4.25. The molecule has 0 aliphatic heterocycles. The van der Waals surface area contributed by atoms with Crippen molar-refractivity contribution in [3.8, 4) is 0 Å². The summed E-state index contributed by atoms with van der Waals surface area (Å²) in [7, 11) is 0. The van der Waals surface area contributed by atoms with Crippen molar-refractivity contribution in [3.05, 3.63) is 17.8 Å². The number of nitrogens with two attached hydrogens (primary N) is 2. The van der Waals surface area contributed by atoms with Gasteiger partial charge < -0.3 is 11.5 Å². The zero-order chi connectivity index (χ0) is 8.55.